The van der Waals surface area contributed by atoms with E-state index < -0.39 is 0 Å². The third-order valence-corrected chi connectivity index (χ3v) is 5.60. The number of benzene rings is 3. The molecule has 0 saturated carbocycles. The summed E-state index contributed by atoms with van der Waals surface area (Å²) >= 11 is 0. The summed E-state index contributed by atoms with van der Waals surface area (Å²) in [6, 6.07) is 21.0. The number of carbonyl (C=O) groups excluding carboxylic acids is 2. The first kappa shape index (κ1) is 23.8. The number of methoxy groups -OCH3 is 1. The molecule has 0 saturated heterocycles. The molecule has 7 heteroatoms. The number of hydrogen-bond donors (Lipinski definition) is 2. The van der Waals surface area contributed by atoms with Crippen molar-refractivity contribution in [1.82, 2.24) is 9.55 Å². The molecule has 3 aromatic carbocycles. The van der Waals surface area contributed by atoms with E-state index in [2.05, 4.69) is 15.6 Å². The molecule has 4 aromatic rings. The van der Waals surface area contributed by atoms with Crippen molar-refractivity contribution in [2.24, 2.45) is 0 Å². The lowest BCUT2D eigenvalue weighted by Gasteiger charge is -2.08. The van der Waals surface area contributed by atoms with Gasteiger partial charge >= 0.3 is 0 Å². The molecular weight excluding hydrogens is 440 g/mol. The van der Waals surface area contributed by atoms with Crippen LogP contribution < -0.4 is 15.4 Å². The fourth-order valence-corrected chi connectivity index (χ4v) is 3.78. The van der Waals surface area contributed by atoms with E-state index >= 15 is 0 Å². The number of hydrogen-bond acceptors (Lipinski definition) is 4. The average Bonchev–Trinajstić information content (AvgIpc) is 3.31. The first-order valence-electron chi connectivity index (χ1n) is 11.3. The van der Waals surface area contributed by atoms with Crippen molar-refractivity contribution < 1.29 is 14.3 Å². The molecule has 1 aromatic heterocycles. The molecule has 2 amide bonds. The van der Waals surface area contributed by atoms with E-state index in [1.54, 1.807) is 19.6 Å². The quantitative estimate of drug-likeness (QED) is 0.382. The zero-order valence-electron chi connectivity index (χ0n) is 20.0. The maximum Gasteiger partial charge on any atom is 0.275 e. The maximum absolute atomic E-state index is 12.6. The number of aryl methyl sites for hydroxylation is 2. The lowest BCUT2D eigenvalue weighted by atomic mass is 10.1. The monoisotopic (exact) mass is 468 g/mol. The van der Waals surface area contributed by atoms with Gasteiger partial charge < -0.3 is 19.9 Å². The van der Waals surface area contributed by atoms with E-state index in [-0.39, 0.29) is 18.2 Å². The Kier molecular flexibility index (Phi) is 7.26. The molecule has 0 spiro atoms. The van der Waals surface area contributed by atoms with Crippen molar-refractivity contribution in [2.75, 3.05) is 17.7 Å². The second-order valence-corrected chi connectivity index (χ2v) is 8.48. The molecule has 0 fully saturated rings. The van der Waals surface area contributed by atoms with Crippen LogP contribution in [-0.2, 0) is 17.8 Å². The van der Waals surface area contributed by atoms with Gasteiger partial charge in [0.25, 0.3) is 5.91 Å². The van der Waals surface area contributed by atoms with Crippen molar-refractivity contribution in [3.05, 3.63) is 107 Å². The molecule has 178 valence electrons. The molecule has 0 atom stereocenters. The van der Waals surface area contributed by atoms with E-state index in [0.717, 1.165) is 39.4 Å². The van der Waals surface area contributed by atoms with Crippen LogP contribution >= 0.6 is 0 Å². The highest BCUT2D eigenvalue weighted by atomic mass is 16.5. The molecule has 0 aliphatic heterocycles. The summed E-state index contributed by atoms with van der Waals surface area (Å²) in [7, 11) is 1.60. The van der Waals surface area contributed by atoms with Gasteiger partial charge in [-0.2, -0.15) is 0 Å². The van der Waals surface area contributed by atoms with E-state index in [4.69, 9.17) is 4.74 Å². The van der Waals surface area contributed by atoms with E-state index in [1.807, 2.05) is 85.1 Å². The molecular formula is C28H28N4O3. The fourth-order valence-electron chi connectivity index (χ4n) is 3.78. The Labute approximate surface area is 204 Å². The molecule has 0 aliphatic carbocycles. The van der Waals surface area contributed by atoms with Gasteiger partial charge in [-0.15, -0.1) is 0 Å². The van der Waals surface area contributed by atoms with Crippen LogP contribution in [0.3, 0.4) is 0 Å². The number of nitrogens with zero attached hydrogens (tertiary/aromatic N) is 2. The van der Waals surface area contributed by atoms with Gasteiger partial charge in [0.2, 0.25) is 5.91 Å². The van der Waals surface area contributed by atoms with Crippen LogP contribution in [-0.4, -0.2) is 28.5 Å². The van der Waals surface area contributed by atoms with Gasteiger partial charge in [0.1, 0.15) is 11.4 Å². The third kappa shape index (κ3) is 6.35. The number of aromatic nitrogens is 2. The Hall–Kier alpha value is -4.39. The second kappa shape index (κ2) is 10.7. The molecule has 0 unspecified atom stereocenters. The van der Waals surface area contributed by atoms with Crippen molar-refractivity contribution >= 4 is 23.2 Å². The van der Waals surface area contributed by atoms with Gasteiger partial charge in [0, 0.05) is 24.1 Å². The second-order valence-electron chi connectivity index (χ2n) is 8.48. The average molecular weight is 469 g/mol. The Balaban J connectivity index is 1.32. The Morgan fingerprint density at radius 1 is 0.943 bits per heavy atom. The van der Waals surface area contributed by atoms with Gasteiger partial charge in [0.05, 0.1) is 19.9 Å². The topological polar surface area (TPSA) is 85.2 Å². The molecule has 4 rings (SSSR count). The Bertz CT molecular complexity index is 1340. The summed E-state index contributed by atoms with van der Waals surface area (Å²) < 4.78 is 7.06. The Morgan fingerprint density at radius 2 is 1.74 bits per heavy atom. The fraction of sp³-hybridized carbons (Fsp3) is 0.179. The van der Waals surface area contributed by atoms with Gasteiger partial charge in [-0.3, -0.25) is 9.59 Å². The van der Waals surface area contributed by atoms with Crippen LogP contribution in [0.15, 0.2) is 79.3 Å². The predicted octanol–water partition coefficient (Wildman–Crippen LogP) is 4.99. The van der Waals surface area contributed by atoms with Crippen LogP contribution in [0.25, 0.3) is 0 Å². The summed E-state index contributed by atoms with van der Waals surface area (Å²) in [6.07, 6.45) is 3.63. The SMILES string of the molecule is COc1cccc(CC(=O)Nc2ccc(Cn3cnc(C(=O)Nc4ccc(C)cc4C)c3)cc2)c1. The highest BCUT2D eigenvalue weighted by Crippen LogP contribution is 2.18. The standard InChI is InChI=1S/C28H28N4O3/c1-19-7-12-25(20(2)13-19)31-28(34)26-17-32(18-29-26)16-21-8-10-23(11-9-21)30-27(33)15-22-5-4-6-24(14-22)35-3/h4-14,17-18H,15-16H2,1-3H3,(H,30,33)(H,31,34). The van der Waals surface area contributed by atoms with Crippen LogP contribution in [0.2, 0.25) is 0 Å². The smallest absolute Gasteiger partial charge is 0.275 e. The minimum atomic E-state index is -0.246. The number of imidazole rings is 1. The number of amides is 2. The lowest BCUT2D eigenvalue weighted by Crippen LogP contribution is -2.14. The largest absolute Gasteiger partial charge is 0.497 e. The van der Waals surface area contributed by atoms with Crippen molar-refractivity contribution in [3.8, 4) is 5.75 Å². The highest BCUT2D eigenvalue weighted by Gasteiger charge is 2.12. The highest BCUT2D eigenvalue weighted by molar-refractivity contribution is 6.03. The number of carbonyl (C=O) groups is 2. The molecule has 1 heterocycles. The summed E-state index contributed by atoms with van der Waals surface area (Å²) in [6.45, 7) is 4.54. The van der Waals surface area contributed by atoms with Crippen LogP contribution in [0.4, 0.5) is 11.4 Å². The molecule has 0 bridgehead atoms. The molecule has 2 N–H and O–H groups in total. The number of ether oxygens (including phenoxy) is 1. The van der Waals surface area contributed by atoms with Gasteiger partial charge in [0.15, 0.2) is 0 Å². The van der Waals surface area contributed by atoms with Crippen molar-refractivity contribution in [1.29, 1.82) is 0 Å². The summed E-state index contributed by atoms with van der Waals surface area (Å²) in [4.78, 5) is 29.2. The van der Waals surface area contributed by atoms with E-state index in [1.165, 1.54) is 0 Å². The van der Waals surface area contributed by atoms with Crippen molar-refractivity contribution in [3.63, 3.8) is 0 Å². The third-order valence-electron chi connectivity index (χ3n) is 5.60. The first-order chi connectivity index (χ1) is 16.9. The summed E-state index contributed by atoms with van der Waals surface area (Å²) in [5.74, 6) is 0.384. The minimum absolute atomic E-state index is 0.0971. The summed E-state index contributed by atoms with van der Waals surface area (Å²) in [5, 5.41) is 5.84. The van der Waals surface area contributed by atoms with Gasteiger partial charge in [-0.25, -0.2) is 4.98 Å². The molecule has 0 radical (unpaired) electrons. The van der Waals surface area contributed by atoms with Crippen LogP contribution in [0.1, 0.15) is 32.7 Å². The predicted molar refractivity (Wildman–Crippen MR) is 137 cm³/mol. The number of rotatable bonds is 8. The number of nitrogens with one attached hydrogen (secondary N) is 2. The molecule has 0 aliphatic rings. The van der Waals surface area contributed by atoms with E-state index in [9.17, 15) is 9.59 Å². The van der Waals surface area contributed by atoms with Gasteiger partial charge in [-0.1, -0.05) is 42.0 Å². The zero-order valence-corrected chi connectivity index (χ0v) is 20.0. The zero-order chi connectivity index (χ0) is 24.8. The normalized spacial score (nSPS) is 10.6. The lowest BCUT2D eigenvalue weighted by molar-refractivity contribution is -0.115. The molecule has 7 nitrogen and oxygen atoms in total. The van der Waals surface area contributed by atoms with Crippen molar-refractivity contribution in [2.45, 2.75) is 26.8 Å². The molecule has 35 heavy (non-hydrogen) atoms. The maximum atomic E-state index is 12.6. The van der Waals surface area contributed by atoms with Gasteiger partial charge in [-0.05, 0) is 60.9 Å². The van der Waals surface area contributed by atoms with Crippen LogP contribution in [0.5, 0.6) is 5.75 Å². The Morgan fingerprint density at radius 3 is 2.49 bits per heavy atom. The summed E-state index contributed by atoms with van der Waals surface area (Å²) in [5.41, 5.74) is 5.91. The van der Waals surface area contributed by atoms with Crippen LogP contribution in [0, 0.1) is 13.8 Å². The minimum Gasteiger partial charge on any atom is -0.497 e. The first-order valence-corrected chi connectivity index (χ1v) is 11.3. The number of anilines is 2. The van der Waals surface area contributed by atoms with E-state index in [0.29, 0.717) is 12.2 Å².